The molecule has 2 aromatic carbocycles. The van der Waals surface area contributed by atoms with Crippen LogP contribution in [0, 0.1) is 0 Å². The van der Waals surface area contributed by atoms with Crippen molar-refractivity contribution in [2.75, 3.05) is 6.61 Å². The molecule has 0 saturated carbocycles. The van der Waals surface area contributed by atoms with Gasteiger partial charge in [-0.25, -0.2) is 4.98 Å². The lowest BCUT2D eigenvalue weighted by molar-refractivity contribution is -0.121. The number of amides is 1. The summed E-state index contributed by atoms with van der Waals surface area (Å²) in [5, 5.41) is 3.10. The summed E-state index contributed by atoms with van der Waals surface area (Å²) in [7, 11) is 1.93. The summed E-state index contributed by atoms with van der Waals surface area (Å²) >= 11 is 3.39. The highest BCUT2D eigenvalue weighted by Gasteiger charge is 2.20. The number of ether oxygens (including phenoxy) is 1. The molecule has 0 bridgehead atoms. The quantitative estimate of drug-likeness (QED) is 0.546. The van der Waals surface area contributed by atoms with E-state index >= 15 is 0 Å². The van der Waals surface area contributed by atoms with Crippen LogP contribution < -0.4 is 10.1 Å². The molecule has 0 aliphatic carbocycles. The minimum Gasteiger partial charge on any atom is -0.494 e. The summed E-state index contributed by atoms with van der Waals surface area (Å²) in [4.78, 5) is 16.9. The second-order valence-electron chi connectivity index (χ2n) is 6.21. The number of hydrogen-bond donors (Lipinski definition) is 1. The Morgan fingerprint density at radius 3 is 2.59 bits per heavy atom. The number of rotatable bonds is 8. The fourth-order valence-electron chi connectivity index (χ4n) is 2.78. The molecule has 5 nitrogen and oxygen atoms in total. The van der Waals surface area contributed by atoms with E-state index in [-0.39, 0.29) is 11.9 Å². The zero-order valence-electron chi connectivity index (χ0n) is 15.1. The molecule has 0 aliphatic heterocycles. The number of carbonyl (C=O) groups excluding carboxylic acids is 1. The van der Waals surface area contributed by atoms with Gasteiger partial charge in [-0.05, 0) is 36.2 Å². The Balaban J connectivity index is 1.55. The molecule has 0 fully saturated rings. The monoisotopic (exact) mass is 427 g/mol. The molecule has 1 aromatic heterocycles. The normalized spacial score (nSPS) is 11.8. The third-order valence-corrected chi connectivity index (χ3v) is 4.71. The number of carbonyl (C=O) groups is 1. The molecule has 1 amide bonds. The Labute approximate surface area is 167 Å². The van der Waals surface area contributed by atoms with E-state index < -0.39 is 0 Å². The molecule has 6 heteroatoms. The van der Waals surface area contributed by atoms with Gasteiger partial charge in [-0.1, -0.05) is 46.3 Å². The van der Waals surface area contributed by atoms with Crippen molar-refractivity contribution in [2.45, 2.75) is 18.9 Å². The average Bonchev–Trinajstić information content (AvgIpc) is 3.11. The van der Waals surface area contributed by atoms with Crippen LogP contribution >= 0.6 is 15.9 Å². The van der Waals surface area contributed by atoms with E-state index in [0.717, 1.165) is 21.6 Å². The maximum Gasteiger partial charge on any atom is 0.220 e. The summed E-state index contributed by atoms with van der Waals surface area (Å²) in [6.45, 7) is 0.494. The Bertz CT molecular complexity index is 863. The number of aryl methyl sites for hydroxylation is 1. The summed E-state index contributed by atoms with van der Waals surface area (Å²) in [5.74, 6) is 1.58. The largest absolute Gasteiger partial charge is 0.494 e. The molecule has 3 rings (SSSR count). The van der Waals surface area contributed by atoms with Gasteiger partial charge in [-0.2, -0.15) is 0 Å². The number of nitrogens with one attached hydrogen (secondary N) is 1. The van der Waals surface area contributed by atoms with Crippen LogP contribution in [0.1, 0.15) is 30.3 Å². The molecule has 0 unspecified atom stereocenters. The average molecular weight is 428 g/mol. The Hall–Kier alpha value is -2.60. The molecule has 140 valence electrons. The van der Waals surface area contributed by atoms with Crippen molar-refractivity contribution in [3.05, 3.63) is 82.9 Å². The number of aromatic nitrogens is 2. The summed E-state index contributed by atoms with van der Waals surface area (Å²) in [6.07, 6.45) is 4.65. The highest BCUT2D eigenvalue weighted by Crippen LogP contribution is 2.20. The van der Waals surface area contributed by atoms with Crippen molar-refractivity contribution in [3.8, 4) is 5.75 Å². The van der Waals surface area contributed by atoms with Gasteiger partial charge in [0, 0.05) is 30.3 Å². The molecule has 1 heterocycles. The van der Waals surface area contributed by atoms with Crippen LogP contribution in [0.2, 0.25) is 0 Å². The van der Waals surface area contributed by atoms with Gasteiger partial charge in [0.15, 0.2) is 0 Å². The van der Waals surface area contributed by atoms with Crippen LogP contribution in [-0.2, 0) is 11.8 Å². The number of halogens is 1. The molecule has 0 aliphatic rings. The second kappa shape index (κ2) is 9.37. The van der Waals surface area contributed by atoms with Gasteiger partial charge in [0.2, 0.25) is 5.91 Å². The molecule has 0 spiro atoms. The Morgan fingerprint density at radius 1 is 1.19 bits per heavy atom. The van der Waals surface area contributed by atoms with Crippen molar-refractivity contribution in [1.82, 2.24) is 14.9 Å². The first-order valence-electron chi connectivity index (χ1n) is 8.83. The first-order valence-corrected chi connectivity index (χ1v) is 9.62. The minimum absolute atomic E-state index is 0.0220. The zero-order chi connectivity index (χ0) is 19.1. The fraction of sp³-hybridized carbons (Fsp3) is 0.238. The van der Waals surface area contributed by atoms with E-state index in [1.165, 1.54) is 0 Å². The Kier molecular flexibility index (Phi) is 6.65. The highest BCUT2D eigenvalue weighted by atomic mass is 79.9. The topological polar surface area (TPSA) is 56.2 Å². The second-order valence-corrected chi connectivity index (χ2v) is 7.13. The van der Waals surface area contributed by atoms with Gasteiger partial charge in [0.25, 0.3) is 0 Å². The predicted octanol–water partition coefficient (Wildman–Crippen LogP) is 4.25. The SMILES string of the molecule is Cn1ccnc1[C@H](NC(=O)CCCOc1ccc(Br)cc1)c1ccccc1. The van der Waals surface area contributed by atoms with E-state index in [1.54, 1.807) is 6.20 Å². The molecule has 1 atom stereocenters. The standard InChI is InChI=1S/C21H22BrN3O2/c1-25-14-13-23-21(25)20(16-6-3-2-4-7-16)24-19(26)8-5-15-27-18-11-9-17(22)10-12-18/h2-4,6-7,9-14,20H,5,8,15H2,1H3,(H,24,26)/t20-/m1/s1. The van der Waals surface area contributed by atoms with E-state index in [9.17, 15) is 4.79 Å². The van der Waals surface area contributed by atoms with Crippen LogP contribution in [0.15, 0.2) is 71.5 Å². The first kappa shape index (κ1) is 19.2. The van der Waals surface area contributed by atoms with E-state index in [1.807, 2.05) is 72.4 Å². The summed E-state index contributed by atoms with van der Waals surface area (Å²) in [5.41, 5.74) is 1.01. The van der Waals surface area contributed by atoms with Crippen molar-refractivity contribution >= 4 is 21.8 Å². The van der Waals surface area contributed by atoms with Crippen molar-refractivity contribution in [1.29, 1.82) is 0 Å². The van der Waals surface area contributed by atoms with E-state index in [0.29, 0.717) is 19.4 Å². The maximum atomic E-state index is 12.5. The van der Waals surface area contributed by atoms with Crippen molar-refractivity contribution in [3.63, 3.8) is 0 Å². The molecular formula is C21H22BrN3O2. The number of benzene rings is 2. The van der Waals surface area contributed by atoms with Gasteiger partial charge in [-0.15, -0.1) is 0 Å². The van der Waals surface area contributed by atoms with Crippen molar-refractivity contribution < 1.29 is 9.53 Å². The van der Waals surface area contributed by atoms with Crippen LogP contribution in [0.4, 0.5) is 0 Å². The number of nitrogens with zero attached hydrogens (tertiary/aromatic N) is 2. The molecule has 1 N–H and O–H groups in total. The van der Waals surface area contributed by atoms with Crippen LogP contribution in [0.3, 0.4) is 0 Å². The van der Waals surface area contributed by atoms with Gasteiger partial charge in [0.05, 0.1) is 6.61 Å². The molecule has 3 aromatic rings. The van der Waals surface area contributed by atoms with E-state index in [4.69, 9.17) is 4.74 Å². The van der Waals surface area contributed by atoms with Crippen LogP contribution in [0.25, 0.3) is 0 Å². The molecule has 0 saturated heterocycles. The highest BCUT2D eigenvalue weighted by molar-refractivity contribution is 9.10. The maximum absolute atomic E-state index is 12.5. The summed E-state index contributed by atoms with van der Waals surface area (Å²) < 4.78 is 8.61. The predicted molar refractivity (Wildman–Crippen MR) is 109 cm³/mol. The smallest absolute Gasteiger partial charge is 0.220 e. The lowest BCUT2D eigenvalue weighted by Crippen LogP contribution is -2.31. The third kappa shape index (κ3) is 5.44. The first-order chi connectivity index (χ1) is 13.1. The minimum atomic E-state index is -0.272. The lowest BCUT2D eigenvalue weighted by atomic mass is 10.1. The van der Waals surface area contributed by atoms with Crippen LogP contribution in [-0.4, -0.2) is 22.1 Å². The molecular weight excluding hydrogens is 406 g/mol. The molecule has 0 radical (unpaired) electrons. The van der Waals surface area contributed by atoms with Gasteiger partial charge >= 0.3 is 0 Å². The number of hydrogen-bond acceptors (Lipinski definition) is 3. The van der Waals surface area contributed by atoms with Crippen LogP contribution in [0.5, 0.6) is 5.75 Å². The summed E-state index contributed by atoms with van der Waals surface area (Å²) in [6, 6.07) is 17.3. The lowest BCUT2D eigenvalue weighted by Gasteiger charge is -2.19. The fourth-order valence-corrected chi connectivity index (χ4v) is 3.05. The van der Waals surface area contributed by atoms with Gasteiger partial charge in [0.1, 0.15) is 17.6 Å². The van der Waals surface area contributed by atoms with Gasteiger partial charge < -0.3 is 14.6 Å². The number of imidazole rings is 1. The molecule has 27 heavy (non-hydrogen) atoms. The third-order valence-electron chi connectivity index (χ3n) is 4.19. The van der Waals surface area contributed by atoms with Gasteiger partial charge in [-0.3, -0.25) is 4.79 Å². The zero-order valence-corrected chi connectivity index (χ0v) is 16.7. The van der Waals surface area contributed by atoms with E-state index in [2.05, 4.69) is 26.2 Å². The van der Waals surface area contributed by atoms with Crippen molar-refractivity contribution in [2.24, 2.45) is 7.05 Å². The Morgan fingerprint density at radius 2 is 1.93 bits per heavy atom.